The Morgan fingerprint density at radius 1 is 1.08 bits per heavy atom. The normalized spacial score (nSPS) is 13.8. The van der Waals surface area contributed by atoms with Crippen molar-refractivity contribution in [3.63, 3.8) is 0 Å². The molecule has 3 rings (SSSR count). The predicted octanol–water partition coefficient (Wildman–Crippen LogP) is 2.24. The van der Waals surface area contributed by atoms with E-state index < -0.39 is 11.7 Å². The van der Waals surface area contributed by atoms with Gasteiger partial charge in [-0.1, -0.05) is 18.2 Å². The lowest BCUT2D eigenvalue weighted by Crippen LogP contribution is -2.52. The molecular formula is C26H38N6O5. The number of alkyl carbamates (subject to hydrolysis) is 1. The molecule has 2 heterocycles. The van der Waals surface area contributed by atoms with Crippen LogP contribution in [0, 0.1) is 0 Å². The van der Waals surface area contributed by atoms with Crippen LogP contribution in [-0.2, 0) is 14.3 Å². The van der Waals surface area contributed by atoms with Crippen molar-refractivity contribution in [1.82, 2.24) is 20.0 Å². The summed E-state index contributed by atoms with van der Waals surface area (Å²) in [6, 6.07) is 9.28. The van der Waals surface area contributed by atoms with E-state index in [9.17, 15) is 14.4 Å². The molecule has 37 heavy (non-hydrogen) atoms. The van der Waals surface area contributed by atoms with Crippen LogP contribution in [0.3, 0.4) is 0 Å². The largest absolute Gasteiger partial charge is 0.444 e. The number of hydrogen-bond acceptors (Lipinski definition) is 8. The molecule has 11 heteroatoms. The van der Waals surface area contributed by atoms with Crippen molar-refractivity contribution in [3.05, 3.63) is 46.9 Å². The van der Waals surface area contributed by atoms with Gasteiger partial charge in [-0.25, -0.2) is 4.79 Å². The summed E-state index contributed by atoms with van der Waals surface area (Å²) < 4.78 is 12.0. The van der Waals surface area contributed by atoms with Crippen LogP contribution < -0.4 is 21.1 Å². The minimum Gasteiger partial charge on any atom is -0.444 e. The highest BCUT2D eigenvalue weighted by molar-refractivity contribution is 5.82. The Kier molecular flexibility index (Phi) is 9.90. The molecule has 0 saturated carbocycles. The number of amides is 2. The van der Waals surface area contributed by atoms with E-state index in [4.69, 9.17) is 9.47 Å². The summed E-state index contributed by atoms with van der Waals surface area (Å²) >= 11 is 0. The van der Waals surface area contributed by atoms with Crippen LogP contribution in [0.15, 0.2) is 41.3 Å². The fourth-order valence-corrected chi connectivity index (χ4v) is 3.91. The zero-order valence-electron chi connectivity index (χ0n) is 22.2. The summed E-state index contributed by atoms with van der Waals surface area (Å²) in [6.45, 7) is 10.9. The second kappa shape index (κ2) is 13.1. The number of nitrogens with zero attached hydrogens (tertiary/aromatic N) is 4. The second-order valence-electron chi connectivity index (χ2n) is 9.66. The summed E-state index contributed by atoms with van der Waals surface area (Å²) in [5.41, 5.74) is 0.995. The smallest absolute Gasteiger partial charge is 0.408 e. The Morgan fingerprint density at radius 2 is 1.78 bits per heavy atom. The molecule has 1 saturated heterocycles. The number of nitrogens with one attached hydrogen (secondary N) is 2. The number of hydrogen-bond donors (Lipinski definition) is 2. The maximum absolute atomic E-state index is 13.4. The van der Waals surface area contributed by atoms with Gasteiger partial charge < -0.3 is 29.9 Å². The molecule has 11 nitrogen and oxygen atoms in total. The molecule has 0 spiro atoms. The fourth-order valence-electron chi connectivity index (χ4n) is 3.91. The van der Waals surface area contributed by atoms with Gasteiger partial charge >= 0.3 is 6.09 Å². The van der Waals surface area contributed by atoms with E-state index in [2.05, 4.69) is 20.6 Å². The second-order valence-corrected chi connectivity index (χ2v) is 9.66. The maximum Gasteiger partial charge on any atom is 0.408 e. The predicted molar refractivity (Wildman–Crippen MR) is 142 cm³/mol. The molecule has 2 N–H and O–H groups in total. The van der Waals surface area contributed by atoms with Gasteiger partial charge in [0.05, 0.1) is 17.6 Å². The van der Waals surface area contributed by atoms with E-state index in [1.54, 1.807) is 31.9 Å². The van der Waals surface area contributed by atoms with E-state index in [1.165, 1.54) is 4.68 Å². The lowest BCUT2D eigenvalue weighted by Gasteiger charge is -2.36. The first kappa shape index (κ1) is 28.0. The molecule has 2 aromatic rings. The van der Waals surface area contributed by atoms with Gasteiger partial charge in [0.2, 0.25) is 5.91 Å². The first-order valence-electron chi connectivity index (χ1n) is 12.7. The van der Waals surface area contributed by atoms with Gasteiger partial charge in [-0.3, -0.25) is 9.59 Å². The number of rotatable bonds is 10. The number of anilines is 2. The molecule has 0 atom stereocenters. The number of carbonyl (C=O) groups excluding carboxylic acids is 2. The van der Waals surface area contributed by atoms with Crippen molar-refractivity contribution < 1.29 is 19.1 Å². The molecule has 1 aromatic carbocycles. The number of aromatic nitrogens is 2. The molecule has 0 aliphatic carbocycles. The van der Waals surface area contributed by atoms with Gasteiger partial charge in [-0.05, 0) is 46.2 Å². The standard InChI is InChI=1S/C26H38N6O5/c1-5-36-17-9-12-27-23-21(18-29-32(24(23)34)20-10-7-6-8-11-20)30-13-15-31(16-14-30)22(33)19-28-25(35)37-26(2,3)4/h6-8,10-11,18,27H,5,9,12-17,19H2,1-4H3,(H,28,35). The Hall–Kier alpha value is -3.60. The number of benzene rings is 1. The Labute approximate surface area is 217 Å². The van der Waals surface area contributed by atoms with E-state index in [0.717, 1.165) is 6.42 Å². The first-order valence-corrected chi connectivity index (χ1v) is 12.7. The lowest BCUT2D eigenvalue weighted by atomic mass is 10.2. The monoisotopic (exact) mass is 514 g/mol. The Morgan fingerprint density at radius 3 is 2.43 bits per heavy atom. The van der Waals surface area contributed by atoms with Gasteiger partial charge in [-0.15, -0.1) is 0 Å². The Balaban J connectivity index is 1.67. The number of carbonyl (C=O) groups is 2. The van der Waals surface area contributed by atoms with Crippen molar-refractivity contribution in [2.24, 2.45) is 0 Å². The van der Waals surface area contributed by atoms with Crippen molar-refractivity contribution in [1.29, 1.82) is 0 Å². The van der Waals surface area contributed by atoms with Crippen LogP contribution in [0.4, 0.5) is 16.2 Å². The van der Waals surface area contributed by atoms with Gasteiger partial charge in [0.1, 0.15) is 17.8 Å². The number of piperazine rings is 1. The van der Waals surface area contributed by atoms with Crippen molar-refractivity contribution >= 4 is 23.4 Å². The Bertz CT molecular complexity index is 1090. The highest BCUT2D eigenvalue weighted by Crippen LogP contribution is 2.23. The average Bonchev–Trinajstić information content (AvgIpc) is 2.87. The van der Waals surface area contributed by atoms with Crippen molar-refractivity contribution in [2.45, 2.75) is 39.7 Å². The summed E-state index contributed by atoms with van der Waals surface area (Å²) in [5.74, 6) is -0.183. The summed E-state index contributed by atoms with van der Waals surface area (Å²) in [6.07, 6.45) is 1.83. The van der Waals surface area contributed by atoms with Crippen LogP contribution in [0.1, 0.15) is 34.1 Å². The van der Waals surface area contributed by atoms with E-state index in [1.807, 2.05) is 37.3 Å². The van der Waals surface area contributed by atoms with Crippen molar-refractivity contribution in [2.75, 3.05) is 62.7 Å². The SMILES string of the molecule is CCOCCCNc1c(N2CCN(C(=O)CNC(=O)OC(C)(C)C)CC2)cnn(-c2ccccc2)c1=O. The van der Waals surface area contributed by atoms with Crippen LogP contribution >= 0.6 is 0 Å². The van der Waals surface area contributed by atoms with Gasteiger partial charge in [0, 0.05) is 45.9 Å². The third-order valence-corrected chi connectivity index (χ3v) is 5.69. The molecule has 0 unspecified atom stereocenters. The minimum absolute atomic E-state index is 0.129. The first-order chi connectivity index (χ1) is 17.7. The topological polar surface area (TPSA) is 118 Å². The van der Waals surface area contributed by atoms with Crippen LogP contribution in [0.5, 0.6) is 0 Å². The number of para-hydroxylation sites is 1. The molecule has 1 aliphatic heterocycles. The maximum atomic E-state index is 13.4. The van der Waals surface area contributed by atoms with E-state index in [0.29, 0.717) is 63.0 Å². The number of ether oxygens (including phenoxy) is 2. The molecule has 1 fully saturated rings. The van der Waals surface area contributed by atoms with Crippen molar-refractivity contribution in [3.8, 4) is 5.69 Å². The highest BCUT2D eigenvalue weighted by Gasteiger charge is 2.25. The summed E-state index contributed by atoms with van der Waals surface area (Å²) in [7, 11) is 0. The molecular weight excluding hydrogens is 476 g/mol. The molecule has 1 aromatic heterocycles. The zero-order valence-corrected chi connectivity index (χ0v) is 22.2. The summed E-state index contributed by atoms with van der Waals surface area (Å²) in [4.78, 5) is 41.7. The third-order valence-electron chi connectivity index (χ3n) is 5.69. The quantitative estimate of drug-likeness (QED) is 0.464. The average molecular weight is 515 g/mol. The zero-order chi connectivity index (χ0) is 26.8. The van der Waals surface area contributed by atoms with Crippen LogP contribution in [0.25, 0.3) is 5.69 Å². The van der Waals surface area contributed by atoms with Crippen LogP contribution in [0.2, 0.25) is 0 Å². The van der Waals surface area contributed by atoms with Crippen LogP contribution in [-0.4, -0.2) is 84.8 Å². The molecule has 0 bridgehead atoms. The summed E-state index contributed by atoms with van der Waals surface area (Å²) in [5, 5.41) is 10.2. The molecule has 202 valence electrons. The van der Waals surface area contributed by atoms with Gasteiger partial charge in [0.15, 0.2) is 0 Å². The van der Waals surface area contributed by atoms with Gasteiger partial charge in [-0.2, -0.15) is 9.78 Å². The third kappa shape index (κ3) is 8.21. The van der Waals surface area contributed by atoms with E-state index >= 15 is 0 Å². The van der Waals surface area contributed by atoms with Gasteiger partial charge in [0.25, 0.3) is 5.56 Å². The lowest BCUT2D eigenvalue weighted by molar-refractivity contribution is -0.130. The molecule has 0 radical (unpaired) electrons. The minimum atomic E-state index is -0.629. The molecule has 2 amide bonds. The highest BCUT2D eigenvalue weighted by atomic mass is 16.6. The molecule has 1 aliphatic rings. The fraction of sp³-hybridized carbons (Fsp3) is 0.538. The van der Waals surface area contributed by atoms with E-state index in [-0.39, 0.29) is 18.0 Å².